The summed E-state index contributed by atoms with van der Waals surface area (Å²) in [7, 11) is 2.17. The molecule has 0 radical (unpaired) electrons. The number of rotatable bonds is 3. The Balaban J connectivity index is 0.000000280. The molecule has 1 nitrogen and oxygen atoms in total. The Bertz CT molecular complexity index is 207. The zero-order valence-electron chi connectivity index (χ0n) is 10.5. The van der Waals surface area contributed by atoms with E-state index < -0.39 is 0 Å². The summed E-state index contributed by atoms with van der Waals surface area (Å²) in [5.74, 6) is 0.543. The van der Waals surface area contributed by atoms with Gasteiger partial charge in [0.25, 0.3) is 0 Å². The van der Waals surface area contributed by atoms with E-state index >= 15 is 0 Å². The van der Waals surface area contributed by atoms with Gasteiger partial charge in [-0.05, 0) is 38.9 Å². The van der Waals surface area contributed by atoms with Crippen LogP contribution in [-0.4, -0.2) is 25.0 Å². The third-order valence-corrected chi connectivity index (χ3v) is 2.52. The second-order valence-electron chi connectivity index (χ2n) is 4.33. The normalized spacial score (nSPS) is 16.5. The monoisotopic (exact) mass is 207 g/mol. The van der Waals surface area contributed by atoms with Gasteiger partial charge in [0, 0.05) is 0 Å². The SMILES string of the molecule is C=C/C=C\C(=C)C(C)C.CN1CCCC1. The highest BCUT2D eigenvalue weighted by molar-refractivity contribution is 5.19. The molecule has 0 aromatic heterocycles. The standard InChI is InChI=1S/C9H14.C5H11N/c1-5-6-7-9(4)8(2)3;1-6-4-2-3-5-6/h5-8H,1,4H2,2-3H3;2-5H2,1H3/b7-6-;. The molecule has 0 saturated carbocycles. The van der Waals surface area contributed by atoms with Crippen molar-refractivity contribution in [3.8, 4) is 0 Å². The molecule has 0 bridgehead atoms. The molecule has 1 heteroatoms. The highest BCUT2D eigenvalue weighted by Gasteiger charge is 2.03. The molecule has 0 amide bonds. The lowest BCUT2D eigenvalue weighted by atomic mass is 10.1. The second kappa shape index (κ2) is 8.49. The number of hydrogen-bond donors (Lipinski definition) is 0. The maximum Gasteiger partial charge on any atom is -0.00213 e. The largest absolute Gasteiger partial charge is 0.306 e. The van der Waals surface area contributed by atoms with Crippen LogP contribution in [0.2, 0.25) is 0 Å². The van der Waals surface area contributed by atoms with E-state index in [1.54, 1.807) is 6.08 Å². The van der Waals surface area contributed by atoms with Crippen molar-refractivity contribution in [2.24, 2.45) is 5.92 Å². The predicted octanol–water partition coefficient (Wildman–Crippen LogP) is 3.65. The molecule has 1 fully saturated rings. The second-order valence-corrected chi connectivity index (χ2v) is 4.33. The zero-order valence-corrected chi connectivity index (χ0v) is 10.5. The zero-order chi connectivity index (χ0) is 11.7. The molecule has 1 aliphatic rings. The van der Waals surface area contributed by atoms with Crippen molar-refractivity contribution in [1.29, 1.82) is 0 Å². The summed E-state index contributed by atoms with van der Waals surface area (Å²) in [5, 5.41) is 0. The molecule has 1 saturated heterocycles. The van der Waals surface area contributed by atoms with Crippen molar-refractivity contribution in [3.63, 3.8) is 0 Å². The Morgan fingerprint density at radius 3 is 2.07 bits per heavy atom. The first-order chi connectivity index (χ1) is 7.07. The molecule has 0 aromatic carbocycles. The van der Waals surface area contributed by atoms with E-state index in [2.05, 4.69) is 39.0 Å². The fourth-order valence-electron chi connectivity index (χ4n) is 1.26. The summed E-state index contributed by atoms with van der Waals surface area (Å²) in [5.41, 5.74) is 1.15. The van der Waals surface area contributed by atoms with E-state index in [0.29, 0.717) is 5.92 Å². The van der Waals surface area contributed by atoms with E-state index in [4.69, 9.17) is 0 Å². The van der Waals surface area contributed by atoms with Crippen molar-refractivity contribution in [2.75, 3.05) is 20.1 Å². The Kier molecular flexibility index (Phi) is 8.02. The molecule has 1 rings (SSSR count). The van der Waals surface area contributed by atoms with Crippen LogP contribution in [0.1, 0.15) is 26.7 Å². The van der Waals surface area contributed by atoms with Gasteiger partial charge >= 0.3 is 0 Å². The van der Waals surface area contributed by atoms with E-state index in [-0.39, 0.29) is 0 Å². The summed E-state index contributed by atoms with van der Waals surface area (Å²) >= 11 is 0. The lowest BCUT2D eigenvalue weighted by Crippen LogP contribution is -2.10. The fraction of sp³-hybridized carbons (Fsp3) is 0.571. The van der Waals surface area contributed by atoms with Crippen LogP contribution < -0.4 is 0 Å². The van der Waals surface area contributed by atoms with E-state index in [9.17, 15) is 0 Å². The topological polar surface area (TPSA) is 3.24 Å². The van der Waals surface area contributed by atoms with E-state index in [1.165, 1.54) is 25.9 Å². The van der Waals surface area contributed by atoms with Crippen LogP contribution in [-0.2, 0) is 0 Å². The molecule has 1 aliphatic heterocycles. The molecular formula is C14H25N. The first-order valence-electron chi connectivity index (χ1n) is 5.74. The van der Waals surface area contributed by atoms with Crippen LogP contribution >= 0.6 is 0 Å². The summed E-state index contributed by atoms with van der Waals surface area (Å²) in [4.78, 5) is 2.36. The molecule has 0 unspecified atom stereocenters. The van der Waals surface area contributed by atoms with E-state index in [1.807, 2.05) is 12.2 Å². The highest BCUT2D eigenvalue weighted by Crippen LogP contribution is 2.06. The Labute approximate surface area is 95.2 Å². The molecule has 0 atom stereocenters. The summed E-state index contributed by atoms with van der Waals surface area (Å²) in [6.07, 6.45) is 8.47. The minimum atomic E-state index is 0.543. The van der Waals surface area contributed by atoms with Crippen molar-refractivity contribution in [2.45, 2.75) is 26.7 Å². The average molecular weight is 207 g/mol. The fourth-order valence-corrected chi connectivity index (χ4v) is 1.26. The van der Waals surface area contributed by atoms with Gasteiger partial charge in [0.2, 0.25) is 0 Å². The summed E-state index contributed by atoms with van der Waals surface area (Å²) in [6.45, 7) is 14.3. The molecule has 15 heavy (non-hydrogen) atoms. The third-order valence-electron chi connectivity index (χ3n) is 2.52. The first-order valence-corrected chi connectivity index (χ1v) is 5.74. The average Bonchev–Trinajstić information content (AvgIpc) is 2.66. The van der Waals surface area contributed by atoms with Crippen molar-refractivity contribution >= 4 is 0 Å². The van der Waals surface area contributed by atoms with Crippen LogP contribution in [0.5, 0.6) is 0 Å². The lowest BCUT2D eigenvalue weighted by Gasteiger charge is -2.01. The Hall–Kier alpha value is -0.820. The van der Waals surface area contributed by atoms with Crippen LogP contribution in [0, 0.1) is 5.92 Å². The van der Waals surface area contributed by atoms with Crippen LogP contribution in [0.4, 0.5) is 0 Å². The van der Waals surface area contributed by atoms with Gasteiger partial charge in [-0.2, -0.15) is 0 Å². The molecule has 86 valence electrons. The smallest absolute Gasteiger partial charge is 0.00213 e. The number of likely N-dealkylation sites (tertiary alicyclic amines) is 1. The van der Waals surface area contributed by atoms with Gasteiger partial charge < -0.3 is 4.90 Å². The molecule has 0 spiro atoms. The first kappa shape index (κ1) is 14.2. The van der Waals surface area contributed by atoms with Gasteiger partial charge in [-0.1, -0.05) is 50.8 Å². The molecular weight excluding hydrogens is 182 g/mol. The number of allylic oxidation sites excluding steroid dienone is 4. The van der Waals surface area contributed by atoms with E-state index in [0.717, 1.165) is 5.57 Å². The summed E-state index contributed by atoms with van der Waals surface area (Å²) < 4.78 is 0. The van der Waals surface area contributed by atoms with Crippen molar-refractivity contribution in [1.82, 2.24) is 4.90 Å². The van der Waals surface area contributed by atoms with Crippen molar-refractivity contribution < 1.29 is 0 Å². The highest BCUT2D eigenvalue weighted by atomic mass is 15.1. The number of nitrogens with zero attached hydrogens (tertiary/aromatic N) is 1. The Morgan fingerprint density at radius 2 is 1.80 bits per heavy atom. The predicted molar refractivity (Wildman–Crippen MR) is 70.0 cm³/mol. The van der Waals surface area contributed by atoms with Crippen LogP contribution in [0.3, 0.4) is 0 Å². The van der Waals surface area contributed by atoms with Gasteiger partial charge in [0.15, 0.2) is 0 Å². The molecule has 1 heterocycles. The lowest BCUT2D eigenvalue weighted by molar-refractivity contribution is 0.418. The van der Waals surface area contributed by atoms with Crippen LogP contribution in [0.25, 0.3) is 0 Å². The summed E-state index contributed by atoms with van der Waals surface area (Å²) in [6, 6.07) is 0. The van der Waals surface area contributed by atoms with Crippen LogP contribution in [0.15, 0.2) is 37.0 Å². The maximum atomic E-state index is 3.86. The van der Waals surface area contributed by atoms with Gasteiger partial charge in [0.1, 0.15) is 0 Å². The molecule has 0 N–H and O–H groups in total. The Morgan fingerprint density at radius 1 is 1.27 bits per heavy atom. The molecule has 0 aromatic rings. The maximum absolute atomic E-state index is 3.86. The van der Waals surface area contributed by atoms with Crippen molar-refractivity contribution in [3.05, 3.63) is 37.0 Å². The number of hydrogen-bond acceptors (Lipinski definition) is 1. The van der Waals surface area contributed by atoms with Gasteiger partial charge in [-0.15, -0.1) is 0 Å². The quantitative estimate of drug-likeness (QED) is 0.638. The third kappa shape index (κ3) is 8.19. The minimum absolute atomic E-state index is 0.543. The molecule has 0 aliphatic carbocycles. The van der Waals surface area contributed by atoms with Gasteiger partial charge in [-0.3, -0.25) is 0 Å². The van der Waals surface area contributed by atoms with Gasteiger partial charge in [-0.25, -0.2) is 0 Å². The van der Waals surface area contributed by atoms with Gasteiger partial charge in [0.05, 0.1) is 0 Å². The minimum Gasteiger partial charge on any atom is -0.306 e.